The van der Waals surface area contributed by atoms with Gasteiger partial charge in [-0.1, -0.05) is 32.4 Å². The SMILES string of the molecule is CC1(C)CCCC1C(=O)NCc1ccc(O)cc1. The average molecular weight is 247 g/mol. The second-order valence-corrected chi connectivity index (χ2v) is 5.82. The first-order chi connectivity index (χ1) is 8.49. The Kier molecular flexibility index (Phi) is 3.60. The normalized spacial score (nSPS) is 21.8. The van der Waals surface area contributed by atoms with Crippen molar-refractivity contribution in [2.45, 2.75) is 39.7 Å². The summed E-state index contributed by atoms with van der Waals surface area (Å²) in [4.78, 5) is 12.1. The third-order valence-electron chi connectivity index (χ3n) is 3.98. The molecule has 3 nitrogen and oxygen atoms in total. The first-order valence-electron chi connectivity index (χ1n) is 6.55. The van der Waals surface area contributed by atoms with Gasteiger partial charge in [0.25, 0.3) is 0 Å². The molecule has 0 heterocycles. The summed E-state index contributed by atoms with van der Waals surface area (Å²) in [6, 6.07) is 6.94. The molecule has 1 atom stereocenters. The molecule has 1 amide bonds. The zero-order valence-electron chi connectivity index (χ0n) is 11.1. The number of hydrogen-bond donors (Lipinski definition) is 2. The van der Waals surface area contributed by atoms with Gasteiger partial charge in [0.05, 0.1) is 0 Å². The first kappa shape index (κ1) is 12.9. The van der Waals surface area contributed by atoms with Crippen molar-refractivity contribution < 1.29 is 9.90 Å². The van der Waals surface area contributed by atoms with Gasteiger partial charge in [-0.25, -0.2) is 0 Å². The maximum Gasteiger partial charge on any atom is 0.223 e. The van der Waals surface area contributed by atoms with E-state index in [0.29, 0.717) is 6.54 Å². The molecular formula is C15H21NO2. The van der Waals surface area contributed by atoms with Crippen LogP contribution in [0.4, 0.5) is 0 Å². The van der Waals surface area contributed by atoms with Gasteiger partial charge in [-0.15, -0.1) is 0 Å². The molecular weight excluding hydrogens is 226 g/mol. The third kappa shape index (κ3) is 2.84. The number of amides is 1. The average Bonchev–Trinajstić information content (AvgIpc) is 2.68. The first-order valence-corrected chi connectivity index (χ1v) is 6.55. The maximum absolute atomic E-state index is 12.1. The molecule has 1 aliphatic carbocycles. The van der Waals surface area contributed by atoms with E-state index in [1.165, 1.54) is 0 Å². The fourth-order valence-corrected chi connectivity index (χ4v) is 2.74. The van der Waals surface area contributed by atoms with Crippen LogP contribution in [0, 0.1) is 11.3 Å². The highest BCUT2D eigenvalue weighted by Crippen LogP contribution is 2.42. The molecule has 98 valence electrons. The van der Waals surface area contributed by atoms with Crippen LogP contribution in [0.15, 0.2) is 24.3 Å². The van der Waals surface area contributed by atoms with Gasteiger partial charge in [-0.3, -0.25) is 4.79 Å². The summed E-state index contributed by atoms with van der Waals surface area (Å²) in [5, 5.41) is 12.2. The Labute approximate surface area is 108 Å². The van der Waals surface area contributed by atoms with E-state index in [2.05, 4.69) is 19.2 Å². The van der Waals surface area contributed by atoms with Crippen LogP contribution < -0.4 is 5.32 Å². The zero-order valence-corrected chi connectivity index (χ0v) is 11.1. The fraction of sp³-hybridized carbons (Fsp3) is 0.533. The second kappa shape index (κ2) is 5.01. The molecule has 0 aromatic heterocycles. The van der Waals surface area contributed by atoms with Crippen LogP contribution in [0.25, 0.3) is 0 Å². The number of carbonyl (C=O) groups is 1. The Hall–Kier alpha value is -1.51. The van der Waals surface area contributed by atoms with Crippen LogP contribution in [0.2, 0.25) is 0 Å². The van der Waals surface area contributed by atoms with Crippen molar-refractivity contribution >= 4 is 5.91 Å². The summed E-state index contributed by atoms with van der Waals surface area (Å²) < 4.78 is 0. The van der Waals surface area contributed by atoms with E-state index in [0.717, 1.165) is 24.8 Å². The van der Waals surface area contributed by atoms with Gasteiger partial charge in [0, 0.05) is 12.5 Å². The molecule has 2 N–H and O–H groups in total. The number of phenols is 1. The van der Waals surface area contributed by atoms with E-state index in [4.69, 9.17) is 0 Å². The van der Waals surface area contributed by atoms with E-state index in [-0.39, 0.29) is 23.0 Å². The predicted octanol–water partition coefficient (Wildman–Crippen LogP) is 2.83. The van der Waals surface area contributed by atoms with E-state index >= 15 is 0 Å². The van der Waals surface area contributed by atoms with Gasteiger partial charge in [0.2, 0.25) is 5.91 Å². The van der Waals surface area contributed by atoms with Gasteiger partial charge in [-0.05, 0) is 36.0 Å². The number of rotatable bonds is 3. The molecule has 0 spiro atoms. The second-order valence-electron chi connectivity index (χ2n) is 5.82. The molecule has 0 saturated heterocycles. The van der Waals surface area contributed by atoms with Crippen LogP contribution in [-0.2, 0) is 11.3 Å². The minimum absolute atomic E-state index is 0.124. The lowest BCUT2D eigenvalue weighted by Gasteiger charge is -2.25. The van der Waals surface area contributed by atoms with E-state index in [9.17, 15) is 9.90 Å². The number of benzene rings is 1. The molecule has 0 radical (unpaired) electrons. The van der Waals surface area contributed by atoms with E-state index in [1.807, 2.05) is 12.1 Å². The maximum atomic E-state index is 12.1. The topological polar surface area (TPSA) is 49.3 Å². The number of carbonyl (C=O) groups excluding carboxylic acids is 1. The Morgan fingerprint density at radius 2 is 2.06 bits per heavy atom. The molecule has 0 aliphatic heterocycles. The van der Waals surface area contributed by atoms with Crippen LogP contribution in [0.3, 0.4) is 0 Å². The fourth-order valence-electron chi connectivity index (χ4n) is 2.74. The molecule has 3 heteroatoms. The van der Waals surface area contributed by atoms with Gasteiger partial charge >= 0.3 is 0 Å². The van der Waals surface area contributed by atoms with Gasteiger partial charge < -0.3 is 10.4 Å². The van der Waals surface area contributed by atoms with Gasteiger partial charge in [0.1, 0.15) is 5.75 Å². The van der Waals surface area contributed by atoms with Crippen molar-refractivity contribution in [2.75, 3.05) is 0 Å². The Morgan fingerprint density at radius 1 is 1.39 bits per heavy atom. The lowest BCUT2D eigenvalue weighted by molar-refractivity contribution is -0.127. The lowest BCUT2D eigenvalue weighted by Crippen LogP contribution is -2.35. The van der Waals surface area contributed by atoms with Crippen molar-refractivity contribution in [3.05, 3.63) is 29.8 Å². The van der Waals surface area contributed by atoms with Crippen molar-refractivity contribution in [1.29, 1.82) is 0 Å². The lowest BCUT2D eigenvalue weighted by atomic mass is 9.81. The molecule has 1 unspecified atom stereocenters. The van der Waals surface area contributed by atoms with Gasteiger partial charge in [-0.2, -0.15) is 0 Å². The summed E-state index contributed by atoms with van der Waals surface area (Å²) >= 11 is 0. The van der Waals surface area contributed by atoms with Crippen molar-refractivity contribution in [3.63, 3.8) is 0 Å². The molecule has 1 aliphatic rings. The van der Waals surface area contributed by atoms with Crippen molar-refractivity contribution in [1.82, 2.24) is 5.32 Å². The predicted molar refractivity (Wildman–Crippen MR) is 71.1 cm³/mol. The van der Waals surface area contributed by atoms with Crippen LogP contribution in [-0.4, -0.2) is 11.0 Å². The van der Waals surface area contributed by atoms with Gasteiger partial charge in [0.15, 0.2) is 0 Å². The minimum Gasteiger partial charge on any atom is -0.508 e. The number of hydrogen-bond acceptors (Lipinski definition) is 2. The van der Waals surface area contributed by atoms with Crippen LogP contribution >= 0.6 is 0 Å². The van der Waals surface area contributed by atoms with E-state index in [1.54, 1.807) is 12.1 Å². The number of nitrogens with one attached hydrogen (secondary N) is 1. The minimum atomic E-state index is 0.124. The Bertz CT molecular complexity index is 423. The Balaban J connectivity index is 1.90. The molecule has 1 aromatic rings. The third-order valence-corrected chi connectivity index (χ3v) is 3.98. The molecule has 2 rings (SSSR count). The zero-order chi connectivity index (χ0) is 13.2. The standard InChI is InChI=1S/C15H21NO2/c1-15(2)9-3-4-13(15)14(18)16-10-11-5-7-12(17)8-6-11/h5-8,13,17H,3-4,9-10H2,1-2H3,(H,16,18). The Morgan fingerprint density at radius 3 is 2.61 bits per heavy atom. The summed E-state index contributed by atoms with van der Waals surface area (Å²) in [7, 11) is 0. The smallest absolute Gasteiger partial charge is 0.223 e. The number of aromatic hydroxyl groups is 1. The van der Waals surface area contributed by atoms with Crippen LogP contribution in [0.5, 0.6) is 5.75 Å². The molecule has 1 saturated carbocycles. The molecule has 0 bridgehead atoms. The quantitative estimate of drug-likeness (QED) is 0.863. The highest BCUT2D eigenvalue weighted by molar-refractivity contribution is 5.79. The molecule has 1 aromatic carbocycles. The van der Waals surface area contributed by atoms with Crippen LogP contribution in [0.1, 0.15) is 38.7 Å². The van der Waals surface area contributed by atoms with E-state index < -0.39 is 0 Å². The molecule has 1 fully saturated rings. The number of phenolic OH excluding ortho intramolecular Hbond substituents is 1. The monoisotopic (exact) mass is 247 g/mol. The highest BCUT2D eigenvalue weighted by atomic mass is 16.3. The summed E-state index contributed by atoms with van der Waals surface area (Å²) in [5.74, 6) is 0.544. The largest absolute Gasteiger partial charge is 0.508 e. The van der Waals surface area contributed by atoms with Crippen molar-refractivity contribution in [3.8, 4) is 5.75 Å². The molecule has 18 heavy (non-hydrogen) atoms. The summed E-state index contributed by atoms with van der Waals surface area (Å²) in [5.41, 5.74) is 1.14. The summed E-state index contributed by atoms with van der Waals surface area (Å²) in [6.45, 7) is 4.88. The van der Waals surface area contributed by atoms with Crippen molar-refractivity contribution in [2.24, 2.45) is 11.3 Å². The highest BCUT2D eigenvalue weighted by Gasteiger charge is 2.38. The summed E-state index contributed by atoms with van der Waals surface area (Å²) in [6.07, 6.45) is 3.27.